The third-order valence-corrected chi connectivity index (χ3v) is 5.63. The Bertz CT molecular complexity index is 301. The van der Waals surface area contributed by atoms with E-state index in [4.69, 9.17) is 5.73 Å². The predicted molar refractivity (Wildman–Crippen MR) is 65.7 cm³/mol. The fraction of sp³-hybridized carbons (Fsp3) is 1.00. The number of nitrogens with two attached hydrogens (primary N) is 1. The van der Waals surface area contributed by atoms with E-state index in [1.165, 1.54) is 0 Å². The van der Waals surface area contributed by atoms with Crippen LogP contribution in [0.3, 0.4) is 0 Å². The maximum absolute atomic E-state index is 12.2. The highest BCUT2D eigenvalue weighted by molar-refractivity contribution is 7.89. The molecule has 0 aromatic carbocycles. The van der Waals surface area contributed by atoms with Gasteiger partial charge in [0.25, 0.3) is 0 Å². The number of likely N-dealkylation sites (N-methyl/N-ethyl adjacent to an activating group) is 1. The molecule has 0 aliphatic carbocycles. The summed E-state index contributed by atoms with van der Waals surface area (Å²) in [5, 5.41) is -0.420. The van der Waals surface area contributed by atoms with Crippen LogP contribution in [0.5, 0.6) is 0 Å². The number of nitrogens with zero attached hydrogens (tertiary/aromatic N) is 2. The highest BCUT2D eigenvalue weighted by Gasteiger charge is 2.30. The SMILES string of the molecule is CCC(CN)S(=O)(=O)N1CCCN(C)CC1. The molecule has 2 N–H and O–H groups in total. The summed E-state index contributed by atoms with van der Waals surface area (Å²) >= 11 is 0. The van der Waals surface area contributed by atoms with E-state index < -0.39 is 15.3 Å². The van der Waals surface area contributed by atoms with Crippen molar-refractivity contribution in [1.82, 2.24) is 9.21 Å². The third-order valence-electron chi connectivity index (χ3n) is 3.18. The molecule has 96 valence electrons. The first-order chi connectivity index (χ1) is 7.52. The highest BCUT2D eigenvalue weighted by Crippen LogP contribution is 2.14. The molecule has 1 unspecified atom stereocenters. The van der Waals surface area contributed by atoms with Crippen molar-refractivity contribution in [2.45, 2.75) is 25.0 Å². The third kappa shape index (κ3) is 3.16. The van der Waals surface area contributed by atoms with Crippen molar-refractivity contribution >= 4 is 10.0 Å². The van der Waals surface area contributed by atoms with Gasteiger partial charge in [-0.1, -0.05) is 6.92 Å². The van der Waals surface area contributed by atoms with E-state index in [1.54, 1.807) is 4.31 Å². The first-order valence-corrected chi connectivity index (χ1v) is 7.40. The van der Waals surface area contributed by atoms with Crippen LogP contribution in [0.2, 0.25) is 0 Å². The maximum atomic E-state index is 12.2. The maximum Gasteiger partial charge on any atom is 0.218 e. The van der Waals surface area contributed by atoms with Gasteiger partial charge < -0.3 is 10.6 Å². The lowest BCUT2D eigenvalue weighted by atomic mass is 10.3. The van der Waals surface area contributed by atoms with Crippen LogP contribution in [-0.4, -0.2) is 62.6 Å². The van der Waals surface area contributed by atoms with E-state index in [-0.39, 0.29) is 6.54 Å². The zero-order chi connectivity index (χ0) is 12.2. The molecule has 16 heavy (non-hydrogen) atoms. The van der Waals surface area contributed by atoms with Gasteiger partial charge in [0.05, 0.1) is 5.25 Å². The minimum atomic E-state index is -3.19. The summed E-state index contributed by atoms with van der Waals surface area (Å²) in [5.74, 6) is 0. The van der Waals surface area contributed by atoms with Gasteiger partial charge >= 0.3 is 0 Å². The molecule has 1 fully saturated rings. The first-order valence-electron chi connectivity index (χ1n) is 5.90. The van der Waals surface area contributed by atoms with Gasteiger partial charge in [0, 0.05) is 26.2 Å². The standard InChI is InChI=1S/C10H23N3O2S/c1-3-10(9-11)16(14,15)13-6-4-5-12(2)7-8-13/h10H,3-9,11H2,1-2H3. The summed E-state index contributed by atoms with van der Waals surface area (Å²) in [7, 11) is -1.17. The minimum Gasteiger partial charge on any atom is -0.329 e. The van der Waals surface area contributed by atoms with Crippen LogP contribution in [0.4, 0.5) is 0 Å². The van der Waals surface area contributed by atoms with Crippen LogP contribution in [0.15, 0.2) is 0 Å². The van der Waals surface area contributed by atoms with Gasteiger partial charge in [-0.05, 0) is 26.4 Å². The molecule has 6 heteroatoms. The number of rotatable bonds is 4. The van der Waals surface area contributed by atoms with Crippen LogP contribution in [0.25, 0.3) is 0 Å². The largest absolute Gasteiger partial charge is 0.329 e. The summed E-state index contributed by atoms with van der Waals surface area (Å²) in [5.41, 5.74) is 5.53. The minimum absolute atomic E-state index is 0.213. The predicted octanol–water partition coefficient (Wildman–Crippen LogP) is -0.309. The van der Waals surface area contributed by atoms with E-state index in [2.05, 4.69) is 4.90 Å². The molecule has 1 atom stereocenters. The number of hydrogen-bond acceptors (Lipinski definition) is 4. The Morgan fingerprint density at radius 2 is 1.94 bits per heavy atom. The highest BCUT2D eigenvalue weighted by atomic mass is 32.2. The second-order valence-electron chi connectivity index (χ2n) is 4.37. The molecule has 0 radical (unpaired) electrons. The van der Waals surface area contributed by atoms with Gasteiger partial charge in [-0.25, -0.2) is 12.7 Å². The molecule has 1 aliphatic rings. The van der Waals surface area contributed by atoms with E-state index in [0.717, 1.165) is 19.5 Å². The zero-order valence-electron chi connectivity index (χ0n) is 10.2. The van der Waals surface area contributed by atoms with Gasteiger partial charge in [0.2, 0.25) is 10.0 Å². The second-order valence-corrected chi connectivity index (χ2v) is 6.58. The Morgan fingerprint density at radius 3 is 2.50 bits per heavy atom. The smallest absolute Gasteiger partial charge is 0.218 e. The van der Waals surface area contributed by atoms with Crippen LogP contribution >= 0.6 is 0 Å². The van der Waals surface area contributed by atoms with E-state index in [9.17, 15) is 8.42 Å². The Kier molecular flexibility index (Phi) is 5.17. The van der Waals surface area contributed by atoms with E-state index >= 15 is 0 Å². The van der Waals surface area contributed by atoms with Crippen LogP contribution < -0.4 is 5.73 Å². The van der Waals surface area contributed by atoms with E-state index in [1.807, 2.05) is 14.0 Å². The van der Waals surface area contributed by atoms with Crippen LogP contribution in [0.1, 0.15) is 19.8 Å². The molecule has 1 heterocycles. The molecule has 0 amide bonds. The van der Waals surface area contributed by atoms with Crippen molar-refractivity contribution in [3.8, 4) is 0 Å². The lowest BCUT2D eigenvalue weighted by Crippen LogP contribution is -2.43. The molecule has 0 aromatic heterocycles. The Hall–Kier alpha value is -0.170. The molecule has 1 aliphatic heterocycles. The summed E-state index contributed by atoms with van der Waals surface area (Å²) < 4.78 is 26.1. The lowest BCUT2D eigenvalue weighted by Gasteiger charge is -2.25. The summed E-state index contributed by atoms with van der Waals surface area (Å²) in [6.07, 6.45) is 1.49. The monoisotopic (exact) mass is 249 g/mol. The average molecular weight is 249 g/mol. The van der Waals surface area contributed by atoms with Crippen LogP contribution in [0, 0.1) is 0 Å². The fourth-order valence-electron chi connectivity index (χ4n) is 1.99. The molecule has 0 spiro atoms. The molecular formula is C10H23N3O2S. The average Bonchev–Trinajstić information content (AvgIpc) is 2.44. The van der Waals surface area contributed by atoms with Crippen molar-refractivity contribution in [1.29, 1.82) is 0 Å². The van der Waals surface area contributed by atoms with Crippen molar-refractivity contribution in [2.24, 2.45) is 5.73 Å². The summed E-state index contributed by atoms with van der Waals surface area (Å²) in [6, 6.07) is 0. The Morgan fingerprint density at radius 1 is 1.25 bits per heavy atom. The van der Waals surface area contributed by atoms with Crippen molar-refractivity contribution in [2.75, 3.05) is 39.8 Å². The molecule has 0 saturated carbocycles. The zero-order valence-corrected chi connectivity index (χ0v) is 11.0. The molecular weight excluding hydrogens is 226 g/mol. The van der Waals surface area contributed by atoms with Gasteiger partial charge in [-0.15, -0.1) is 0 Å². The van der Waals surface area contributed by atoms with Crippen molar-refractivity contribution in [3.05, 3.63) is 0 Å². The topological polar surface area (TPSA) is 66.6 Å². The van der Waals surface area contributed by atoms with Gasteiger partial charge in [0.15, 0.2) is 0 Å². The Labute approximate surface area is 98.6 Å². The van der Waals surface area contributed by atoms with Gasteiger partial charge in [-0.3, -0.25) is 0 Å². The number of hydrogen-bond donors (Lipinski definition) is 1. The van der Waals surface area contributed by atoms with Gasteiger partial charge in [0.1, 0.15) is 0 Å². The van der Waals surface area contributed by atoms with Crippen molar-refractivity contribution < 1.29 is 8.42 Å². The molecule has 1 rings (SSSR count). The molecule has 0 bridgehead atoms. The lowest BCUT2D eigenvalue weighted by molar-refractivity contribution is 0.346. The molecule has 5 nitrogen and oxygen atoms in total. The molecule has 1 saturated heterocycles. The Balaban J connectivity index is 2.74. The summed E-state index contributed by atoms with van der Waals surface area (Å²) in [4.78, 5) is 2.17. The van der Waals surface area contributed by atoms with Crippen LogP contribution in [-0.2, 0) is 10.0 Å². The second kappa shape index (κ2) is 5.95. The summed E-state index contributed by atoms with van der Waals surface area (Å²) in [6.45, 7) is 5.08. The quantitative estimate of drug-likeness (QED) is 0.742. The normalized spacial score (nSPS) is 22.9. The van der Waals surface area contributed by atoms with Crippen molar-refractivity contribution in [3.63, 3.8) is 0 Å². The first kappa shape index (κ1) is 13.9. The van der Waals surface area contributed by atoms with E-state index in [0.29, 0.717) is 19.5 Å². The molecule has 0 aromatic rings. The fourth-order valence-corrected chi connectivity index (χ4v) is 3.79. The van der Waals surface area contributed by atoms with Gasteiger partial charge in [-0.2, -0.15) is 0 Å². The number of sulfonamides is 1.